The fourth-order valence-electron chi connectivity index (χ4n) is 3.21. The number of imide groups is 1. The Balaban J connectivity index is 1.54. The minimum absolute atomic E-state index is 0.0151. The average molecular weight is 408 g/mol. The molecule has 0 fully saturated rings. The molecule has 0 saturated heterocycles. The predicted octanol–water partition coefficient (Wildman–Crippen LogP) is 3.44. The van der Waals surface area contributed by atoms with E-state index in [9.17, 15) is 18.8 Å². The number of anilines is 2. The minimum atomic E-state index is -0.749. The molecule has 0 unspecified atom stereocenters. The molecule has 4 rings (SSSR count). The molecule has 0 aliphatic carbocycles. The first kappa shape index (κ1) is 19.3. The van der Waals surface area contributed by atoms with Gasteiger partial charge in [-0.05, 0) is 25.1 Å². The van der Waals surface area contributed by atoms with Crippen LogP contribution < -0.4 is 10.2 Å². The summed E-state index contributed by atoms with van der Waals surface area (Å²) in [6.07, 6.45) is 0.796. The topological polar surface area (TPSA) is 93.5 Å². The number of rotatable bonds is 5. The summed E-state index contributed by atoms with van der Waals surface area (Å²) in [6, 6.07) is 12.6. The Hall–Kier alpha value is -4.01. The third kappa shape index (κ3) is 3.41. The lowest BCUT2D eigenvalue weighted by molar-refractivity contribution is 0.0924. The summed E-state index contributed by atoms with van der Waals surface area (Å²) in [5, 5.41) is 6.60. The number of fused-ring (bicyclic) bond motifs is 1. The molecule has 0 atom stereocenters. The highest BCUT2D eigenvalue weighted by molar-refractivity contribution is 6.34. The number of ether oxygens (including phenoxy) is 1. The number of aromatic nitrogens is 2. The highest BCUT2D eigenvalue weighted by Gasteiger charge is 2.37. The molecular formula is C21H17FN4O4. The monoisotopic (exact) mass is 408 g/mol. The van der Waals surface area contributed by atoms with E-state index in [1.807, 2.05) is 0 Å². The van der Waals surface area contributed by atoms with Crippen molar-refractivity contribution in [2.45, 2.75) is 13.5 Å². The van der Waals surface area contributed by atoms with Crippen LogP contribution in [0.4, 0.5) is 20.7 Å². The molecule has 2 aromatic carbocycles. The van der Waals surface area contributed by atoms with E-state index < -0.39 is 23.7 Å². The first-order valence-electron chi connectivity index (χ1n) is 9.22. The molecule has 1 N–H and O–H groups in total. The van der Waals surface area contributed by atoms with Gasteiger partial charge in [-0.3, -0.25) is 19.6 Å². The molecule has 0 saturated carbocycles. The van der Waals surface area contributed by atoms with Gasteiger partial charge in [0.2, 0.25) is 0 Å². The standard InChI is InChI=1S/C21H17FN4O4/c1-2-30-21(29)23-16-9-5-6-13(18(16)22)12-25-11-10-17(24-25)26-19(27)14-7-3-4-8-15(14)20(26)28/h3-11H,2,12H2,1H3,(H,23,29). The zero-order valence-electron chi connectivity index (χ0n) is 16.0. The molecule has 1 aliphatic rings. The van der Waals surface area contributed by atoms with Gasteiger partial charge in [-0.2, -0.15) is 5.10 Å². The van der Waals surface area contributed by atoms with E-state index in [1.165, 1.54) is 16.8 Å². The maximum Gasteiger partial charge on any atom is 0.411 e. The van der Waals surface area contributed by atoms with Crippen molar-refractivity contribution >= 4 is 29.4 Å². The number of hydrogen-bond donors (Lipinski definition) is 1. The van der Waals surface area contributed by atoms with Gasteiger partial charge in [-0.1, -0.05) is 24.3 Å². The number of amides is 3. The summed E-state index contributed by atoms with van der Waals surface area (Å²) in [7, 11) is 0. The van der Waals surface area contributed by atoms with Crippen LogP contribution in [0.15, 0.2) is 54.7 Å². The third-order valence-corrected chi connectivity index (χ3v) is 4.57. The van der Waals surface area contributed by atoms with Crippen LogP contribution >= 0.6 is 0 Å². The quantitative estimate of drug-likeness (QED) is 0.653. The fourth-order valence-corrected chi connectivity index (χ4v) is 3.21. The molecule has 9 heteroatoms. The Morgan fingerprint density at radius 1 is 1.07 bits per heavy atom. The van der Waals surface area contributed by atoms with Crippen LogP contribution in [-0.4, -0.2) is 34.3 Å². The number of nitrogens with zero attached hydrogens (tertiary/aromatic N) is 3. The van der Waals surface area contributed by atoms with E-state index in [0.717, 1.165) is 4.90 Å². The van der Waals surface area contributed by atoms with Crippen LogP contribution in [0.5, 0.6) is 0 Å². The van der Waals surface area contributed by atoms with E-state index in [1.54, 1.807) is 49.5 Å². The molecule has 2 heterocycles. The van der Waals surface area contributed by atoms with Crippen molar-refractivity contribution in [1.82, 2.24) is 9.78 Å². The predicted molar refractivity (Wildman–Crippen MR) is 106 cm³/mol. The first-order chi connectivity index (χ1) is 14.5. The van der Waals surface area contributed by atoms with Crippen LogP contribution in [0, 0.1) is 5.82 Å². The molecule has 1 aliphatic heterocycles. The third-order valence-electron chi connectivity index (χ3n) is 4.57. The number of hydrogen-bond acceptors (Lipinski definition) is 5. The lowest BCUT2D eigenvalue weighted by Crippen LogP contribution is -2.29. The Morgan fingerprint density at radius 2 is 1.77 bits per heavy atom. The van der Waals surface area contributed by atoms with Gasteiger partial charge in [0.25, 0.3) is 11.8 Å². The number of carbonyl (C=O) groups is 3. The fraction of sp³-hybridized carbons (Fsp3) is 0.143. The van der Waals surface area contributed by atoms with Gasteiger partial charge < -0.3 is 4.74 Å². The van der Waals surface area contributed by atoms with Crippen molar-refractivity contribution in [3.63, 3.8) is 0 Å². The summed E-state index contributed by atoms with van der Waals surface area (Å²) in [4.78, 5) is 37.7. The van der Waals surface area contributed by atoms with Gasteiger partial charge in [0.1, 0.15) is 0 Å². The number of benzene rings is 2. The van der Waals surface area contributed by atoms with Crippen molar-refractivity contribution < 1.29 is 23.5 Å². The number of nitrogens with one attached hydrogen (secondary N) is 1. The molecule has 3 amide bonds. The van der Waals surface area contributed by atoms with Crippen molar-refractivity contribution in [2.75, 3.05) is 16.8 Å². The maximum atomic E-state index is 14.7. The number of halogens is 1. The Bertz CT molecular complexity index is 1120. The van der Waals surface area contributed by atoms with Crippen molar-refractivity contribution in [3.05, 3.63) is 77.2 Å². The van der Waals surface area contributed by atoms with Gasteiger partial charge in [0, 0.05) is 17.8 Å². The highest BCUT2D eigenvalue weighted by Crippen LogP contribution is 2.27. The van der Waals surface area contributed by atoms with Crippen LogP contribution in [0.1, 0.15) is 33.2 Å². The SMILES string of the molecule is CCOC(=O)Nc1cccc(Cn2ccc(N3C(=O)c4ccccc4C3=O)n2)c1F. The zero-order valence-corrected chi connectivity index (χ0v) is 16.0. The van der Waals surface area contributed by atoms with E-state index in [4.69, 9.17) is 4.74 Å². The lowest BCUT2D eigenvalue weighted by atomic mass is 10.1. The maximum absolute atomic E-state index is 14.7. The summed E-state index contributed by atoms with van der Waals surface area (Å²) >= 11 is 0. The number of carbonyl (C=O) groups excluding carboxylic acids is 3. The second-order valence-corrected chi connectivity index (χ2v) is 6.49. The van der Waals surface area contributed by atoms with E-state index in [2.05, 4.69) is 10.4 Å². The summed E-state index contributed by atoms with van der Waals surface area (Å²) in [5.41, 5.74) is 0.890. The largest absolute Gasteiger partial charge is 0.450 e. The second kappa shape index (κ2) is 7.78. The van der Waals surface area contributed by atoms with Crippen molar-refractivity contribution in [3.8, 4) is 0 Å². The molecule has 152 valence electrons. The smallest absolute Gasteiger partial charge is 0.411 e. The molecule has 1 aromatic heterocycles. The van der Waals surface area contributed by atoms with Gasteiger partial charge in [-0.25, -0.2) is 14.1 Å². The van der Waals surface area contributed by atoms with Crippen LogP contribution in [-0.2, 0) is 11.3 Å². The van der Waals surface area contributed by atoms with E-state index in [-0.39, 0.29) is 30.2 Å². The van der Waals surface area contributed by atoms with Crippen LogP contribution in [0.2, 0.25) is 0 Å². The molecule has 30 heavy (non-hydrogen) atoms. The molecule has 3 aromatic rings. The van der Waals surface area contributed by atoms with Gasteiger partial charge >= 0.3 is 6.09 Å². The Labute approximate surface area is 170 Å². The molecular weight excluding hydrogens is 391 g/mol. The Morgan fingerprint density at radius 3 is 2.43 bits per heavy atom. The van der Waals surface area contributed by atoms with Crippen LogP contribution in [0.25, 0.3) is 0 Å². The van der Waals surface area contributed by atoms with Gasteiger partial charge in [-0.15, -0.1) is 0 Å². The van der Waals surface area contributed by atoms with Crippen molar-refractivity contribution in [1.29, 1.82) is 0 Å². The normalized spacial score (nSPS) is 12.8. The van der Waals surface area contributed by atoms with Crippen LogP contribution in [0.3, 0.4) is 0 Å². The first-order valence-corrected chi connectivity index (χ1v) is 9.22. The van der Waals surface area contributed by atoms with E-state index in [0.29, 0.717) is 11.1 Å². The summed E-state index contributed by atoms with van der Waals surface area (Å²) in [6.45, 7) is 1.85. The molecule has 0 radical (unpaired) electrons. The zero-order chi connectivity index (χ0) is 21.3. The Kier molecular flexibility index (Phi) is 5.01. The average Bonchev–Trinajstić information content (AvgIpc) is 3.28. The second-order valence-electron chi connectivity index (χ2n) is 6.49. The molecule has 0 bridgehead atoms. The lowest BCUT2D eigenvalue weighted by Gasteiger charge is -2.11. The molecule has 8 nitrogen and oxygen atoms in total. The minimum Gasteiger partial charge on any atom is -0.450 e. The molecule has 0 spiro atoms. The summed E-state index contributed by atoms with van der Waals surface area (Å²) < 4.78 is 20.9. The van der Waals surface area contributed by atoms with E-state index >= 15 is 0 Å². The van der Waals surface area contributed by atoms with Gasteiger partial charge in [0.15, 0.2) is 11.6 Å². The summed E-state index contributed by atoms with van der Waals surface area (Å²) in [5.74, 6) is -1.37. The van der Waals surface area contributed by atoms with Crippen molar-refractivity contribution in [2.24, 2.45) is 0 Å². The van der Waals surface area contributed by atoms with Gasteiger partial charge in [0.05, 0.1) is 30.0 Å². The highest BCUT2D eigenvalue weighted by atomic mass is 19.1.